The molecule has 0 saturated carbocycles. The number of carbonyl (C=O) groups is 1. The SMILES string of the molecule is CC(C)(CC(N)=O)CC(N)c1ccc(Cl)cc1. The van der Waals surface area contributed by atoms with E-state index in [9.17, 15) is 4.79 Å². The number of carbonyl (C=O) groups excluding carboxylic acids is 1. The highest BCUT2D eigenvalue weighted by Gasteiger charge is 2.24. The second kappa shape index (κ2) is 5.52. The van der Waals surface area contributed by atoms with Crippen LogP contribution in [0.15, 0.2) is 24.3 Å². The molecule has 1 rings (SSSR count). The lowest BCUT2D eigenvalue weighted by molar-refractivity contribution is -0.120. The van der Waals surface area contributed by atoms with Crippen molar-refractivity contribution in [2.45, 2.75) is 32.7 Å². The van der Waals surface area contributed by atoms with Crippen LogP contribution in [0.25, 0.3) is 0 Å². The quantitative estimate of drug-likeness (QED) is 0.848. The standard InChI is InChI=1S/C13H19ClN2O/c1-13(2,8-12(16)17)7-11(15)9-3-5-10(14)6-4-9/h3-6,11H,7-8,15H2,1-2H3,(H2,16,17). The zero-order valence-corrected chi connectivity index (χ0v) is 11.0. The van der Waals surface area contributed by atoms with Gasteiger partial charge in [0.05, 0.1) is 0 Å². The van der Waals surface area contributed by atoms with Gasteiger partial charge in [-0.05, 0) is 29.5 Å². The highest BCUT2D eigenvalue weighted by Crippen LogP contribution is 2.31. The Hall–Kier alpha value is -1.06. The van der Waals surface area contributed by atoms with Gasteiger partial charge in [0.15, 0.2) is 0 Å². The van der Waals surface area contributed by atoms with Gasteiger partial charge in [0.2, 0.25) is 5.91 Å². The van der Waals surface area contributed by atoms with Crippen molar-refractivity contribution in [2.24, 2.45) is 16.9 Å². The third kappa shape index (κ3) is 4.75. The van der Waals surface area contributed by atoms with E-state index in [-0.39, 0.29) is 17.4 Å². The maximum Gasteiger partial charge on any atom is 0.217 e. The number of rotatable bonds is 5. The first-order valence-corrected chi connectivity index (χ1v) is 5.97. The van der Waals surface area contributed by atoms with Crippen molar-refractivity contribution in [3.63, 3.8) is 0 Å². The van der Waals surface area contributed by atoms with Gasteiger partial charge in [0.25, 0.3) is 0 Å². The normalized spacial score (nSPS) is 13.4. The summed E-state index contributed by atoms with van der Waals surface area (Å²) in [5.41, 5.74) is 12.2. The Morgan fingerprint density at radius 1 is 1.35 bits per heavy atom. The van der Waals surface area contributed by atoms with Crippen LogP contribution in [0.5, 0.6) is 0 Å². The molecule has 1 atom stereocenters. The monoisotopic (exact) mass is 254 g/mol. The molecule has 0 fully saturated rings. The zero-order valence-electron chi connectivity index (χ0n) is 10.2. The van der Waals surface area contributed by atoms with Crippen LogP contribution in [0, 0.1) is 5.41 Å². The van der Waals surface area contributed by atoms with Gasteiger partial charge in [-0.2, -0.15) is 0 Å². The van der Waals surface area contributed by atoms with Crippen LogP contribution in [0.1, 0.15) is 38.3 Å². The summed E-state index contributed by atoms with van der Waals surface area (Å²) in [7, 11) is 0. The maximum atomic E-state index is 10.9. The molecule has 0 aliphatic carbocycles. The second-order valence-corrected chi connectivity index (χ2v) is 5.61. The van der Waals surface area contributed by atoms with E-state index in [0.29, 0.717) is 17.9 Å². The van der Waals surface area contributed by atoms with Crippen LogP contribution in [-0.2, 0) is 4.79 Å². The van der Waals surface area contributed by atoms with Gasteiger partial charge < -0.3 is 11.5 Å². The second-order valence-electron chi connectivity index (χ2n) is 5.17. The van der Waals surface area contributed by atoms with Crippen LogP contribution in [0.2, 0.25) is 5.02 Å². The minimum atomic E-state index is -0.293. The van der Waals surface area contributed by atoms with Gasteiger partial charge in [-0.25, -0.2) is 0 Å². The van der Waals surface area contributed by atoms with E-state index in [2.05, 4.69) is 0 Å². The van der Waals surface area contributed by atoms with Crippen LogP contribution in [0.3, 0.4) is 0 Å². The Morgan fingerprint density at radius 3 is 2.35 bits per heavy atom. The predicted molar refractivity (Wildman–Crippen MR) is 70.6 cm³/mol. The molecular formula is C13H19ClN2O. The molecule has 1 unspecified atom stereocenters. The predicted octanol–water partition coefficient (Wildman–Crippen LogP) is 2.63. The van der Waals surface area contributed by atoms with Crippen molar-refractivity contribution in [3.05, 3.63) is 34.9 Å². The molecule has 0 spiro atoms. The first kappa shape index (κ1) is 14.0. The highest BCUT2D eigenvalue weighted by molar-refractivity contribution is 6.30. The summed E-state index contributed by atoms with van der Waals surface area (Å²) in [6, 6.07) is 7.35. The summed E-state index contributed by atoms with van der Waals surface area (Å²) in [6.07, 6.45) is 1.05. The molecule has 1 aromatic rings. The van der Waals surface area contributed by atoms with E-state index in [1.807, 2.05) is 38.1 Å². The first-order chi connectivity index (χ1) is 7.80. The Kier molecular flexibility index (Phi) is 4.54. The maximum absolute atomic E-state index is 10.9. The molecule has 0 aromatic heterocycles. The molecule has 17 heavy (non-hydrogen) atoms. The minimum absolute atomic E-state index is 0.110. The van der Waals surface area contributed by atoms with Gasteiger partial charge in [-0.3, -0.25) is 4.79 Å². The van der Waals surface area contributed by atoms with E-state index in [1.54, 1.807) is 0 Å². The Balaban J connectivity index is 2.68. The molecule has 1 amide bonds. The van der Waals surface area contributed by atoms with Crippen molar-refractivity contribution < 1.29 is 4.79 Å². The number of primary amides is 1. The van der Waals surface area contributed by atoms with Crippen LogP contribution in [-0.4, -0.2) is 5.91 Å². The highest BCUT2D eigenvalue weighted by atomic mass is 35.5. The lowest BCUT2D eigenvalue weighted by Gasteiger charge is -2.26. The van der Waals surface area contributed by atoms with Crippen molar-refractivity contribution in [1.82, 2.24) is 0 Å². The van der Waals surface area contributed by atoms with Crippen LogP contribution >= 0.6 is 11.6 Å². The molecule has 94 valence electrons. The number of hydrogen-bond acceptors (Lipinski definition) is 2. The molecule has 4 N–H and O–H groups in total. The first-order valence-electron chi connectivity index (χ1n) is 5.59. The van der Waals surface area contributed by atoms with Crippen molar-refractivity contribution in [1.29, 1.82) is 0 Å². The van der Waals surface area contributed by atoms with Crippen molar-refractivity contribution in [2.75, 3.05) is 0 Å². The summed E-state index contributed by atoms with van der Waals surface area (Å²) < 4.78 is 0. The zero-order chi connectivity index (χ0) is 13.1. The summed E-state index contributed by atoms with van der Waals surface area (Å²) >= 11 is 5.82. The lowest BCUT2D eigenvalue weighted by atomic mass is 9.81. The van der Waals surface area contributed by atoms with Crippen LogP contribution < -0.4 is 11.5 Å². The number of nitrogens with two attached hydrogens (primary N) is 2. The molecule has 3 nitrogen and oxygen atoms in total. The number of hydrogen-bond donors (Lipinski definition) is 2. The average Bonchev–Trinajstić information content (AvgIpc) is 2.15. The lowest BCUT2D eigenvalue weighted by Crippen LogP contribution is -2.27. The molecule has 0 heterocycles. The van der Waals surface area contributed by atoms with E-state index in [4.69, 9.17) is 23.1 Å². The van der Waals surface area contributed by atoms with Crippen molar-refractivity contribution in [3.8, 4) is 0 Å². The van der Waals surface area contributed by atoms with Crippen LogP contribution in [0.4, 0.5) is 0 Å². The molecular weight excluding hydrogens is 236 g/mol. The summed E-state index contributed by atoms with van der Waals surface area (Å²) in [5, 5.41) is 0.692. The van der Waals surface area contributed by atoms with E-state index in [1.165, 1.54) is 0 Å². The number of benzene rings is 1. The minimum Gasteiger partial charge on any atom is -0.370 e. The molecule has 0 aliphatic heterocycles. The fourth-order valence-electron chi connectivity index (χ4n) is 1.97. The third-order valence-corrected chi connectivity index (χ3v) is 2.98. The molecule has 1 aromatic carbocycles. The van der Waals surface area contributed by atoms with E-state index < -0.39 is 0 Å². The fourth-order valence-corrected chi connectivity index (χ4v) is 2.09. The summed E-state index contributed by atoms with van der Waals surface area (Å²) in [4.78, 5) is 10.9. The molecule has 0 aliphatic rings. The molecule has 4 heteroatoms. The fraction of sp³-hybridized carbons (Fsp3) is 0.462. The average molecular weight is 255 g/mol. The molecule has 0 bridgehead atoms. The van der Waals surface area contributed by atoms with Gasteiger partial charge in [0.1, 0.15) is 0 Å². The third-order valence-electron chi connectivity index (χ3n) is 2.72. The Bertz CT molecular complexity index is 387. The summed E-state index contributed by atoms with van der Waals surface area (Å²) in [6.45, 7) is 3.99. The van der Waals surface area contributed by atoms with E-state index in [0.717, 1.165) is 5.56 Å². The van der Waals surface area contributed by atoms with E-state index >= 15 is 0 Å². The number of amides is 1. The van der Waals surface area contributed by atoms with Crippen molar-refractivity contribution >= 4 is 17.5 Å². The van der Waals surface area contributed by atoms with Gasteiger partial charge in [-0.15, -0.1) is 0 Å². The van der Waals surface area contributed by atoms with Gasteiger partial charge >= 0.3 is 0 Å². The molecule has 0 radical (unpaired) electrons. The van der Waals surface area contributed by atoms with Gasteiger partial charge in [-0.1, -0.05) is 37.6 Å². The number of halogens is 1. The smallest absolute Gasteiger partial charge is 0.217 e. The Morgan fingerprint density at radius 2 is 1.88 bits per heavy atom. The summed E-state index contributed by atoms with van der Waals surface area (Å²) in [5.74, 6) is -0.293. The topological polar surface area (TPSA) is 69.1 Å². The Labute approximate surface area is 107 Å². The molecule has 0 saturated heterocycles. The largest absolute Gasteiger partial charge is 0.370 e. The van der Waals surface area contributed by atoms with Gasteiger partial charge in [0, 0.05) is 17.5 Å².